The summed E-state index contributed by atoms with van der Waals surface area (Å²) in [5.41, 5.74) is -0.117. The van der Waals surface area contributed by atoms with E-state index in [0.29, 0.717) is 6.04 Å². The number of amides is 1. The quantitative estimate of drug-likeness (QED) is 0.608. The molecule has 7 heteroatoms. The van der Waals surface area contributed by atoms with Crippen molar-refractivity contribution in [1.82, 2.24) is 5.32 Å². The van der Waals surface area contributed by atoms with Crippen LogP contribution in [0.5, 0.6) is 0 Å². The summed E-state index contributed by atoms with van der Waals surface area (Å²) in [5, 5.41) is 16.3. The molecule has 2 rings (SSSR count). The number of hydrogen-bond acceptors (Lipinski definition) is 4. The molecule has 19 heavy (non-hydrogen) atoms. The maximum Gasteiger partial charge on any atom is 0.295 e. The molecular weight excluding hydrogens is 253 g/mol. The van der Waals surface area contributed by atoms with Gasteiger partial charge in [-0.15, -0.1) is 0 Å². The second kappa shape index (κ2) is 5.64. The molecule has 102 valence electrons. The molecule has 0 aromatic heterocycles. The molecule has 1 fully saturated rings. The third kappa shape index (κ3) is 3.90. The highest BCUT2D eigenvalue weighted by atomic mass is 19.1. The van der Waals surface area contributed by atoms with E-state index in [2.05, 4.69) is 10.6 Å². The molecular formula is C12H14FN3O3. The average molecular weight is 267 g/mol. The van der Waals surface area contributed by atoms with Gasteiger partial charge in [0, 0.05) is 19.0 Å². The van der Waals surface area contributed by atoms with Crippen LogP contribution in [0, 0.1) is 15.9 Å². The van der Waals surface area contributed by atoms with E-state index in [9.17, 15) is 19.3 Å². The smallest absolute Gasteiger partial charge is 0.295 e. The van der Waals surface area contributed by atoms with Gasteiger partial charge in [-0.25, -0.2) is 4.39 Å². The maximum atomic E-state index is 12.9. The largest absolute Gasteiger partial charge is 0.379 e. The van der Waals surface area contributed by atoms with Crippen molar-refractivity contribution in [1.29, 1.82) is 0 Å². The Labute approximate surface area is 109 Å². The van der Waals surface area contributed by atoms with Crippen LogP contribution in [-0.4, -0.2) is 23.4 Å². The summed E-state index contributed by atoms with van der Waals surface area (Å²) in [5.74, 6) is -0.747. The fraction of sp³-hybridized carbons (Fsp3) is 0.417. The molecule has 6 nitrogen and oxygen atoms in total. The lowest BCUT2D eigenvalue weighted by atomic mass is 10.2. The minimum absolute atomic E-state index is 0.0836. The summed E-state index contributed by atoms with van der Waals surface area (Å²) in [4.78, 5) is 21.5. The minimum atomic E-state index is -0.663. The second-order valence-corrected chi connectivity index (χ2v) is 4.44. The number of halogens is 1. The summed E-state index contributed by atoms with van der Waals surface area (Å²) < 4.78 is 12.9. The topological polar surface area (TPSA) is 84.3 Å². The van der Waals surface area contributed by atoms with E-state index in [4.69, 9.17) is 0 Å². The van der Waals surface area contributed by atoms with Crippen LogP contribution in [0.1, 0.15) is 19.3 Å². The van der Waals surface area contributed by atoms with Gasteiger partial charge in [-0.3, -0.25) is 14.9 Å². The highest BCUT2D eigenvalue weighted by Crippen LogP contribution is 2.24. The van der Waals surface area contributed by atoms with E-state index < -0.39 is 10.7 Å². The lowest BCUT2D eigenvalue weighted by Crippen LogP contribution is -2.27. The second-order valence-electron chi connectivity index (χ2n) is 4.44. The van der Waals surface area contributed by atoms with Gasteiger partial charge in [0.25, 0.3) is 5.69 Å². The molecule has 0 unspecified atom stereocenters. The van der Waals surface area contributed by atoms with Crippen molar-refractivity contribution in [2.24, 2.45) is 0 Å². The van der Waals surface area contributed by atoms with Gasteiger partial charge in [-0.05, 0) is 25.0 Å². The van der Waals surface area contributed by atoms with Crippen LogP contribution in [0.3, 0.4) is 0 Å². The van der Waals surface area contributed by atoms with E-state index >= 15 is 0 Å². The first-order valence-electron chi connectivity index (χ1n) is 6.03. The monoisotopic (exact) mass is 267 g/mol. The highest BCUT2D eigenvalue weighted by molar-refractivity contribution is 5.77. The number of nitro groups is 1. The SMILES string of the molecule is O=C(CCNc1ccc(F)cc1[N+](=O)[O-])NC1CC1. The highest BCUT2D eigenvalue weighted by Gasteiger charge is 2.23. The predicted molar refractivity (Wildman–Crippen MR) is 67.3 cm³/mol. The average Bonchev–Trinajstić information content (AvgIpc) is 3.14. The van der Waals surface area contributed by atoms with E-state index in [1.165, 1.54) is 6.07 Å². The molecule has 0 bridgehead atoms. The van der Waals surface area contributed by atoms with Crippen LogP contribution in [0.25, 0.3) is 0 Å². The zero-order chi connectivity index (χ0) is 13.8. The van der Waals surface area contributed by atoms with Gasteiger partial charge in [-0.1, -0.05) is 0 Å². The molecule has 1 aromatic rings. The Kier molecular flexibility index (Phi) is 3.94. The van der Waals surface area contributed by atoms with Gasteiger partial charge < -0.3 is 10.6 Å². The number of nitrogens with zero attached hydrogens (tertiary/aromatic N) is 1. The fourth-order valence-electron chi connectivity index (χ4n) is 1.64. The summed E-state index contributed by atoms with van der Waals surface area (Å²) in [6, 6.07) is 3.59. The van der Waals surface area contributed by atoms with Crippen LogP contribution < -0.4 is 10.6 Å². The zero-order valence-corrected chi connectivity index (χ0v) is 10.2. The fourth-order valence-corrected chi connectivity index (χ4v) is 1.64. The summed E-state index contributed by atoms with van der Waals surface area (Å²) in [6.07, 6.45) is 2.26. The van der Waals surface area contributed by atoms with E-state index in [-0.39, 0.29) is 30.2 Å². The first kappa shape index (κ1) is 13.3. The van der Waals surface area contributed by atoms with Crippen molar-refractivity contribution >= 4 is 17.3 Å². The zero-order valence-electron chi connectivity index (χ0n) is 10.2. The molecule has 0 aliphatic heterocycles. The molecule has 0 spiro atoms. The molecule has 2 N–H and O–H groups in total. The van der Waals surface area contributed by atoms with Crippen molar-refractivity contribution in [3.63, 3.8) is 0 Å². The molecule has 0 heterocycles. The van der Waals surface area contributed by atoms with Crippen molar-refractivity contribution in [3.05, 3.63) is 34.1 Å². The van der Waals surface area contributed by atoms with Crippen LogP contribution in [0.4, 0.5) is 15.8 Å². The van der Waals surface area contributed by atoms with E-state index in [1.807, 2.05) is 0 Å². The first-order valence-corrected chi connectivity index (χ1v) is 6.03. The Balaban J connectivity index is 1.87. The number of nitro benzene ring substituents is 1. The number of carbonyl (C=O) groups is 1. The van der Waals surface area contributed by atoms with E-state index in [1.54, 1.807) is 0 Å². The maximum absolute atomic E-state index is 12.9. The van der Waals surface area contributed by atoms with Crippen molar-refractivity contribution in [2.45, 2.75) is 25.3 Å². The van der Waals surface area contributed by atoms with Crippen LogP contribution in [-0.2, 0) is 4.79 Å². The Hall–Kier alpha value is -2.18. The standard InChI is InChI=1S/C12H14FN3O3/c13-8-1-4-10(11(7-8)16(18)19)14-6-5-12(17)15-9-2-3-9/h1,4,7,9,14H,2-3,5-6H2,(H,15,17). The molecule has 1 aliphatic rings. The van der Waals surface area contributed by atoms with Gasteiger partial charge in [-0.2, -0.15) is 0 Å². The minimum Gasteiger partial charge on any atom is -0.379 e. The van der Waals surface area contributed by atoms with E-state index in [0.717, 1.165) is 25.0 Å². The first-order chi connectivity index (χ1) is 9.06. The molecule has 1 saturated carbocycles. The van der Waals surface area contributed by atoms with Crippen molar-refractivity contribution < 1.29 is 14.1 Å². The Morgan fingerprint density at radius 2 is 2.21 bits per heavy atom. The molecule has 1 aromatic carbocycles. The number of hydrogen-bond donors (Lipinski definition) is 2. The van der Waals surface area contributed by atoms with Crippen LogP contribution >= 0.6 is 0 Å². The number of nitrogens with one attached hydrogen (secondary N) is 2. The molecule has 1 amide bonds. The summed E-state index contributed by atoms with van der Waals surface area (Å²) in [6.45, 7) is 0.269. The summed E-state index contributed by atoms with van der Waals surface area (Å²) >= 11 is 0. The molecule has 1 aliphatic carbocycles. The third-order valence-electron chi connectivity index (χ3n) is 2.77. The summed E-state index contributed by atoms with van der Waals surface area (Å²) in [7, 11) is 0. The molecule has 0 atom stereocenters. The predicted octanol–water partition coefficient (Wildman–Crippen LogP) is 1.81. The Bertz CT molecular complexity index is 503. The number of carbonyl (C=O) groups excluding carboxylic acids is 1. The van der Waals surface area contributed by atoms with Crippen LogP contribution in [0.2, 0.25) is 0 Å². The normalized spacial score (nSPS) is 13.9. The van der Waals surface area contributed by atoms with Gasteiger partial charge in [0.2, 0.25) is 5.91 Å². The number of anilines is 1. The number of benzene rings is 1. The Morgan fingerprint density at radius 3 is 2.84 bits per heavy atom. The van der Waals surface area contributed by atoms with Gasteiger partial charge >= 0.3 is 0 Å². The van der Waals surface area contributed by atoms with Gasteiger partial charge in [0.1, 0.15) is 11.5 Å². The van der Waals surface area contributed by atoms with Gasteiger partial charge in [0.15, 0.2) is 0 Å². The third-order valence-corrected chi connectivity index (χ3v) is 2.77. The molecule has 0 radical (unpaired) electrons. The van der Waals surface area contributed by atoms with Crippen molar-refractivity contribution in [3.8, 4) is 0 Å². The van der Waals surface area contributed by atoms with Crippen molar-refractivity contribution in [2.75, 3.05) is 11.9 Å². The number of rotatable bonds is 6. The van der Waals surface area contributed by atoms with Gasteiger partial charge in [0.05, 0.1) is 11.0 Å². The Morgan fingerprint density at radius 1 is 1.47 bits per heavy atom. The lowest BCUT2D eigenvalue weighted by Gasteiger charge is -2.07. The lowest BCUT2D eigenvalue weighted by molar-refractivity contribution is -0.384. The van der Waals surface area contributed by atoms with Crippen LogP contribution in [0.15, 0.2) is 18.2 Å². The molecule has 0 saturated heterocycles.